The first-order chi connectivity index (χ1) is 17.0. The summed E-state index contributed by atoms with van der Waals surface area (Å²) in [5.41, 5.74) is 2.51. The molecule has 1 N–H and O–H groups in total. The molecular weight excluding hydrogens is 476 g/mol. The van der Waals surface area contributed by atoms with Crippen LogP contribution in [0.3, 0.4) is 0 Å². The van der Waals surface area contributed by atoms with Gasteiger partial charge in [0, 0.05) is 23.7 Å². The van der Waals surface area contributed by atoms with Gasteiger partial charge in [0.1, 0.15) is 15.8 Å². The molecule has 1 aliphatic rings. The molecule has 0 spiro atoms. The van der Waals surface area contributed by atoms with E-state index in [-0.39, 0.29) is 11.8 Å². The van der Waals surface area contributed by atoms with E-state index in [1.165, 1.54) is 24.6 Å². The highest BCUT2D eigenvalue weighted by Gasteiger charge is 2.32. The fourth-order valence-corrected chi connectivity index (χ4v) is 4.99. The standard InChI is InChI=1S/C28H28N2O3S2/c1-2-3-4-8-17-29-26(31)22-13-11-21(12-14-22)24-16-15-23(33-24)18-25-27(32)30(28(34)35-25)19-20-9-6-5-7-10-20/h5-7,9-16,18H,2-4,8,17,19H2,1H3,(H,29,31)/b25-18+. The fourth-order valence-electron chi connectivity index (χ4n) is 3.76. The maximum Gasteiger partial charge on any atom is 0.266 e. The topological polar surface area (TPSA) is 62.6 Å². The van der Waals surface area contributed by atoms with Gasteiger partial charge in [-0.2, -0.15) is 0 Å². The zero-order chi connectivity index (χ0) is 24.6. The minimum Gasteiger partial charge on any atom is -0.457 e. The zero-order valence-electron chi connectivity index (χ0n) is 19.7. The molecule has 0 aliphatic carbocycles. The molecule has 1 saturated heterocycles. The van der Waals surface area contributed by atoms with Gasteiger partial charge in [-0.3, -0.25) is 14.5 Å². The van der Waals surface area contributed by atoms with Crippen LogP contribution in [0.2, 0.25) is 0 Å². The first-order valence-corrected chi connectivity index (χ1v) is 13.1. The minimum absolute atomic E-state index is 0.0642. The number of thiocarbonyl (C=S) groups is 1. The minimum atomic E-state index is -0.119. The van der Waals surface area contributed by atoms with E-state index in [0.29, 0.717) is 39.4 Å². The highest BCUT2D eigenvalue weighted by molar-refractivity contribution is 8.26. The average molecular weight is 505 g/mol. The second-order valence-electron chi connectivity index (χ2n) is 8.35. The predicted octanol–water partition coefficient (Wildman–Crippen LogP) is 6.66. The van der Waals surface area contributed by atoms with Gasteiger partial charge in [0.2, 0.25) is 0 Å². The third-order valence-electron chi connectivity index (χ3n) is 5.70. The molecule has 1 fully saturated rings. The van der Waals surface area contributed by atoms with Crippen LogP contribution in [0, 0.1) is 0 Å². The van der Waals surface area contributed by atoms with E-state index in [4.69, 9.17) is 16.6 Å². The molecule has 180 valence electrons. The third kappa shape index (κ3) is 6.50. The van der Waals surface area contributed by atoms with E-state index in [9.17, 15) is 9.59 Å². The predicted molar refractivity (Wildman–Crippen MR) is 146 cm³/mol. The molecule has 2 amide bonds. The van der Waals surface area contributed by atoms with Crippen LogP contribution in [-0.4, -0.2) is 27.6 Å². The molecule has 7 heteroatoms. The number of thioether (sulfide) groups is 1. The Hall–Kier alpha value is -3.16. The van der Waals surface area contributed by atoms with Gasteiger partial charge in [-0.1, -0.05) is 92.6 Å². The van der Waals surface area contributed by atoms with E-state index < -0.39 is 0 Å². The van der Waals surface area contributed by atoms with Gasteiger partial charge in [0.15, 0.2) is 0 Å². The van der Waals surface area contributed by atoms with Crippen molar-refractivity contribution in [1.82, 2.24) is 10.2 Å². The summed E-state index contributed by atoms with van der Waals surface area (Å²) in [6.45, 7) is 3.31. The van der Waals surface area contributed by atoms with Crippen LogP contribution in [0.15, 0.2) is 76.1 Å². The molecule has 35 heavy (non-hydrogen) atoms. The van der Waals surface area contributed by atoms with Crippen LogP contribution in [0.4, 0.5) is 0 Å². The number of benzene rings is 2. The fraction of sp³-hybridized carbons (Fsp3) is 0.250. The highest BCUT2D eigenvalue weighted by Crippen LogP contribution is 2.34. The summed E-state index contributed by atoms with van der Waals surface area (Å²) >= 11 is 6.72. The Balaban J connectivity index is 1.38. The van der Waals surface area contributed by atoms with Gasteiger partial charge in [0.25, 0.3) is 11.8 Å². The lowest BCUT2D eigenvalue weighted by Crippen LogP contribution is -2.27. The molecule has 0 bridgehead atoms. The second-order valence-corrected chi connectivity index (χ2v) is 10.0. The molecule has 2 aromatic carbocycles. The molecular formula is C28H28N2O3S2. The molecule has 2 heterocycles. The van der Waals surface area contributed by atoms with Crippen molar-refractivity contribution in [3.8, 4) is 11.3 Å². The lowest BCUT2D eigenvalue weighted by molar-refractivity contribution is -0.122. The number of nitrogens with zero attached hydrogens (tertiary/aromatic N) is 1. The molecule has 1 aliphatic heterocycles. The van der Waals surface area contributed by atoms with Crippen LogP contribution >= 0.6 is 24.0 Å². The number of hydrogen-bond acceptors (Lipinski definition) is 5. The number of rotatable bonds is 10. The Morgan fingerprint density at radius 1 is 1.03 bits per heavy atom. The quantitative estimate of drug-likeness (QED) is 0.190. The Morgan fingerprint density at radius 3 is 2.54 bits per heavy atom. The summed E-state index contributed by atoms with van der Waals surface area (Å²) < 4.78 is 6.51. The van der Waals surface area contributed by atoms with E-state index in [1.54, 1.807) is 23.1 Å². The van der Waals surface area contributed by atoms with Gasteiger partial charge in [-0.15, -0.1) is 0 Å². The van der Waals surface area contributed by atoms with Crippen molar-refractivity contribution in [1.29, 1.82) is 0 Å². The molecule has 1 aromatic heterocycles. The summed E-state index contributed by atoms with van der Waals surface area (Å²) in [4.78, 5) is 27.4. The summed E-state index contributed by atoms with van der Waals surface area (Å²) in [6.07, 6.45) is 6.23. The van der Waals surface area contributed by atoms with Crippen LogP contribution < -0.4 is 5.32 Å². The average Bonchev–Trinajstić information content (AvgIpc) is 3.45. The maximum atomic E-state index is 12.9. The Bertz CT molecular complexity index is 1220. The number of carbonyl (C=O) groups is 2. The molecule has 4 rings (SSSR count). The summed E-state index contributed by atoms with van der Waals surface area (Å²) in [7, 11) is 0. The van der Waals surface area contributed by atoms with Crippen molar-refractivity contribution >= 4 is 46.2 Å². The van der Waals surface area contributed by atoms with Gasteiger partial charge in [-0.25, -0.2) is 0 Å². The number of furan rings is 1. The molecule has 3 aromatic rings. The third-order valence-corrected chi connectivity index (χ3v) is 7.08. The summed E-state index contributed by atoms with van der Waals surface area (Å²) in [5, 5.41) is 2.97. The lowest BCUT2D eigenvalue weighted by atomic mass is 10.1. The number of nitrogens with one attached hydrogen (secondary N) is 1. The van der Waals surface area contributed by atoms with Crippen molar-refractivity contribution in [2.24, 2.45) is 0 Å². The van der Waals surface area contributed by atoms with Gasteiger partial charge in [0.05, 0.1) is 11.4 Å². The van der Waals surface area contributed by atoms with Crippen LogP contribution in [-0.2, 0) is 11.3 Å². The molecule has 5 nitrogen and oxygen atoms in total. The normalized spacial score (nSPS) is 14.7. The zero-order valence-corrected chi connectivity index (χ0v) is 21.3. The number of hydrogen-bond donors (Lipinski definition) is 1. The van der Waals surface area contributed by atoms with Crippen molar-refractivity contribution in [2.75, 3.05) is 6.54 Å². The van der Waals surface area contributed by atoms with Gasteiger partial charge >= 0.3 is 0 Å². The molecule has 0 radical (unpaired) electrons. The van der Waals surface area contributed by atoms with E-state index in [1.807, 2.05) is 54.6 Å². The van der Waals surface area contributed by atoms with Crippen molar-refractivity contribution in [2.45, 2.75) is 39.2 Å². The van der Waals surface area contributed by atoms with E-state index >= 15 is 0 Å². The Labute approximate surface area is 215 Å². The van der Waals surface area contributed by atoms with Gasteiger partial charge < -0.3 is 9.73 Å². The highest BCUT2D eigenvalue weighted by atomic mass is 32.2. The number of amides is 2. The van der Waals surface area contributed by atoms with Crippen molar-refractivity contribution in [3.63, 3.8) is 0 Å². The van der Waals surface area contributed by atoms with E-state index in [0.717, 1.165) is 24.0 Å². The van der Waals surface area contributed by atoms with Crippen LogP contribution in [0.5, 0.6) is 0 Å². The number of unbranched alkanes of at least 4 members (excludes halogenated alkanes) is 3. The first-order valence-electron chi connectivity index (χ1n) is 11.8. The lowest BCUT2D eigenvalue weighted by Gasteiger charge is -2.14. The second kappa shape index (κ2) is 12.0. The molecule has 0 saturated carbocycles. The molecule has 0 unspecified atom stereocenters. The Kier molecular flexibility index (Phi) is 8.55. The summed E-state index contributed by atoms with van der Waals surface area (Å²) in [5.74, 6) is 1.06. The largest absolute Gasteiger partial charge is 0.457 e. The van der Waals surface area contributed by atoms with Crippen molar-refractivity contribution in [3.05, 3.63) is 88.5 Å². The Morgan fingerprint density at radius 2 is 1.80 bits per heavy atom. The smallest absolute Gasteiger partial charge is 0.266 e. The number of carbonyl (C=O) groups excluding carboxylic acids is 2. The van der Waals surface area contributed by atoms with Gasteiger partial charge in [-0.05, 0) is 36.2 Å². The van der Waals surface area contributed by atoms with E-state index in [2.05, 4.69) is 12.2 Å². The van der Waals surface area contributed by atoms with Crippen LogP contribution in [0.25, 0.3) is 17.4 Å². The first kappa shape index (κ1) is 24.9. The molecule has 0 atom stereocenters. The van der Waals surface area contributed by atoms with Crippen molar-refractivity contribution < 1.29 is 14.0 Å². The monoisotopic (exact) mass is 504 g/mol. The SMILES string of the molecule is CCCCCCNC(=O)c1ccc(-c2ccc(/C=C3/SC(=S)N(Cc4ccccc4)C3=O)o2)cc1. The maximum absolute atomic E-state index is 12.9. The van der Waals surface area contributed by atoms with Crippen LogP contribution in [0.1, 0.15) is 54.3 Å². The summed E-state index contributed by atoms with van der Waals surface area (Å²) in [6, 6.07) is 20.8.